The van der Waals surface area contributed by atoms with Crippen molar-refractivity contribution in [1.82, 2.24) is 10.6 Å². The molecule has 184 valence electrons. The van der Waals surface area contributed by atoms with Crippen LogP contribution < -0.4 is 22.1 Å². The van der Waals surface area contributed by atoms with Crippen LogP contribution in [0.5, 0.6) is 0 Å². The van der Waals surface area contributed by atoms with Crippen LogP contribution in [0, 0.1) is 11.8 Å². The zero-order valence-corrected chi connectivity index (χ0v) is 20.1. The van der Waals surface area contributed by atoms with Crippen molar-refractivity contribution in [2.45, 2.75) is 78.6 Å². The Morgan fingerprint density at radius 2 is 1.06 bits per heavy atom. The summed E-state index contributed by atoms with van der Waals surface area (Å²) < 4.78 is 9.96. The molecule has 0 rings (SSSR count). The van der Waals surface area contributed by atoms with Crippen molar-refractivity contribution in [3.05, 3.63) is 12.2 Å². The average Bonchev–Trinajstić information content (AvgIpc) is 2.69. The fourth-order valence-electron chi connectivity index (χ4n) is 2.87. The van der Waals surface area contributed by atoms with E-state index >= 15 is 0 Å². The summed E-state index contributed by atoms with van der Waals surface area (Å²) in [6, 6.07) is -3.58. The van der Waals surface area contributed by atoms with Crippen LogP contribution in [-0.2, 0) is 28.7 Å². The van der Waals surface area contributed by atoms with E-state index in [4.69, 9.17) is 20.9 Å². The van der Waals surface area contributed by atoms with Crippen molar-refractivity contribution < 1.29 is 28.7 Å². The first-order valence-electron chi connectivity index (χ1n) is 11.0. The third-order valence-corrected chi connectivity index (χ3v) is 4.70. The highest BCUT2D eigenvalue weighted by molar-refractivity contribution is 5.88. The summed E-state index contributed by atoms with van der Waals surface area (Å²) in [6.07, 6.45) is 0.151. The van der Waals surface area contributed by atoms with E-state index in [0.29, 0.717) is 5.57 Å². The number of rotatable bonds is 14. The average molecular weight is 457 g/mol. The second kappa shape index (κ2) is 14.6. The Labute approximate surface area is 190 Å². The fraction of sp³-hybridized carbons (Fsp3) is 0.727. The highest BCUT2D eigenvalue weighted by Crippen LogP contribution is 2.12. The lowest BCUT2D eigenvalue weighted by atomic mass is 9.98. The molecule has 0 aromatic carbocycles. The summed E-state index contributed by atoms with van der Waals surface area (Å²) in [7, 11) is 0. The van der Waals surface area contributed by atoms with Gasteiger partial charge in [-0.1, -0.05) is 39.8 Å². The van der Waals surface area contributed by atoms with Gasteiger partial charge in [0, 0.05) is 0 Å². The SMILES string of the molecule is C=C(C[C@@H](N)C(=O)N[C@H](C(=O)OCC)C(C)C)C[C@@H](N)C(=O)N[C@H](C(=O)OCC)C(C)C. The minimum atomic E-state index is -0.976. The quantitative estimate of drug-likeness (QED) is 0.215. The third kappa shape index (κ3) is 10.2. The fourth-order valence-corrected chi connectivity index (χ4v) is 2.87. The Kier molecular flexibility index (Phi) is 13.5. The van der Waals surface area contributed by atoms with E-state index in [0.717, 1.165) is 0 Å². The summed E-state index contributed by atoms with van der Waals surface area (Å²) in [5.74, 6) is -2.47. The second-order valence-corrected chi connectivity index (χ2v) is 8.34. The van der Waals surface area contributed by atoms with E-state index in [1.165, 1.54) is 0 Å². The molecular formula is C22H40N4O6. The molecule has 0 radical (unpaired) electrons. The maximum atomic E-state index is 12.4. The van der Waals surface area contributed by atoms with Gasteiger partial charge in [-0.25, -0.2) is 9.59 Å². The molecule has 0 heterocycles. The summed E-state index contributed by atoms with van der Waals surface area (Å²) in [6.45, 7) is 14.8. The highest BCUT2D eigenvalue weighted by atomic mass is 16.5. The molecule has 4 atom stereocenters. The Morgan fingerprint density at radius 3 is 1.31 bits per heavy atom. The molecular weight excluding hydrogens is 416 g/mol. The number of carbonyl (C=O) groups is 4. The number of nitrogens with one attached hydrogen (secondary N) is 2. The van der Waals surface area contributed by atoms with Gasteiger partial charge >= 0.3 is 11.9 Å². The van der Waals surface area contributed by atoms with E-state index in [1.54, 1.807) is 41.5 Å². The van der Waals surface area contributed by atoms with Crippen molar-refractivity contribution in [2.24, 2.45) is 23.3 Å². The lowest BCUT2D eigenvalue weighted by Gasteiger charge is -2.24. The van der Waals surface area contributed by atoms with Gasteiger partial charge in [0.25, 0.3) is 0 Å². The van der Waals surface area contributed by atoms with Gasteiger partial charge in [-0.05, 0) is 38.5 Å². The molecule has 0 aliphatic rings. The van der Waals surface area contributed by atoms with Crippen LogP contribution in [0.1, 0.15) is 54.4 Å². The molecule has 0 bridgehead atoms. The first-order chi connectivity index (χ1) is 14.8. The molecule has 0 aliphatic heterocycles. The Bertz CT molecular complexity index is 611. The molecule has 10 heteroatoms. The molecule has 0 aliphatic carbocycles. The smallest absolute Gasteiger partial charge is 0.328 e. The van der Waals surface area contributed by atoms with Crippen molar-refractivity contribution in [1.29, 1.82) is 0 Å². The summed E-state index contributed by atoms with van der Waals surface area (Å²) in [4.78, 5) is 48.9. The normalized spacial score (nSPS) is 14.8. The first kappa shape index (κ1) is 29.5. The lowest BCUT2D eigenvalue weighted by Crippen LogP contribution is -2.52. The first-order valence-corrected chi connectivity index (χ1v) is 11.0. The van der Waals surface area contributed by atoms with E-state index in [-0.39, 0.29) is 37.9 Å². The van der Waals surface area contributed by atoms with Crippen LogP contribution in [0.2, 0.25) is 0 Å². The van der Waals surface area contributed by atoms with Gasteiger partial charge in [0.15, 0.2) is 0 Å². The molecule has 6 N–H and O–H groups in total. The van der Waals surface area contributed by atoms with Crippen molar-refractivity contribution in [3.63, 3.8) is 0 Å². The van der Waals surface area contributed by atoms with E-state index in [9.17, 15) is 19.2 Å². The van der Waals surface area contributed by atoms with Gasteiger partial charge in [0.05, 0.1) is 25.3 Å². The molecule has 0 aromatic heterocycles. The summed E-state index contributed by atoms with van der Waals surface area (Å²) >= 11 is 0. The maximum absolute atomic E-state index is 12.4. The van der Waals surface area contributed by atoms with Gasteiger partial charge in [-0.2, -0.15) is 0 Å². The monoisotopic (exact) mass is 456 g/mol. The number of hydrogen-bond donors (Lipinski definition) is 4. The van der Waals surface area contributed by atoms with Gasteiger partial charge in [-0.3, -0.25) is 9.59 Å². The van der Waals surface area contributed by atoms with Gasteiger partial charge in [0.2, 0.25) is 11.8 Å². The number of ether oxygens (including phenoxy) is 2. The molecule has 0 unspecified atom stereocenters. The predicted molar refractivity (Wildman–Crippen MR) is 121 cm³/mol. The third-order valence-electron chi connectivity index (χ3n) is 4.70. The highest BCUT2D eigenvalue weighted by Gasteiger charge is 2.29. The number of amides is 2. The molecule has 0 aromatic rings. The Morgan fingerprint density at radius 1 is 0.750 bits per heavy atom. The molecule has 32 heavy (non-hydrogen) atoms. The zero-order chi connectivity index (χ0) is 25.0. The molecule has 0 saturated carbocycles. The number of nitrogens with two attached hydrogens (primary N) is 2. The van der Waals surface area contributed by atoms with Crippen LogP contribution in [0.15, 0.2) is 12.2 Å². The molecule has 10 nitrogen and oxygen atoms in total. The van der Waals surface area contributed by atoms with Gasteiger partial charge in [0.1, 0.15) is 12.1 Å². The van der Waals surface area contributed by atoms with Gasteiger partial charge in [-0.15, -0.1) is 0 Å². The van der Waals surface area contributed by atoms with Gasteiger partial charge < -0.3 is 31.6 Å². The molecule has 0 spiro atoms. The minimum absolute atomic E-state index is 0.0753. The van der Waals surface area contributed by atoms with Crippen LogP contribution in [0.3, 0.4) is 0 Å². The van der Waals surface area contributed by atoms with Crippen LogP contribution in [0.4, 0.5) is 0 Å². The topological polar surface area (TPSA) is 163 Å². The lowest BCUT2D eigenvalue weighted by molar-refractivity contribution is -0.149. The van der Waals surface area contributed by atoms with Crippen molar-refractivity contribution >= 4 is 23.8 Å². The second-order valence-electron chi connectivity index (χ2n) is 8.34. The molecule has 2 amide bonds. The van der Waals surface area contributed by atoms with E-state index in [1.807, 2.05) is 0 Å². The van der Waals surface area contributed by atoms with E-state index < -0.39 is 47.9 Å². The summed E-state index contributed by atoms with van der Waals surface area (Å²) in [5.41, 5.74) is 12.4. The van der Waals surface area contributed by atoms with Crippen LogP contribution in [0.25, 0.3) is 0 Å². The number of esters is 2. The summed E-state index contributed by atoms with van der Waals surface area (Å²) in [5, 5.41) is 5.21. The Hall–Kier alpha value is -2.46. The standard InChI is InChI=1S/C22H40N4O6/c1-8-31-21(29)17(12(3)4)25-19(27)15(23)10-14(7)11-16(24)20(28)26-18(13(5)6)22(30)32-9-2/h12-13,15-18H,7-11,23-24H2,1-6H3,(H,25,27)(H,26,28)/t15-,16-,17+,18+/m1/s1. The van der Waals surface area contributed by atoms with Crippen LogP contribution in [-0.4, -0.2) is 61.1 Å². The largest absolute Gasteiger partial charge is 0.464 e. The number of carbonyl (C=O) groups excluding carboxylic acids is 4. The van der Waals surface area contributed by atoms with Crippen LogP contribution >= 0.6 is 0 Å². The van der Waals surface area contributed by atoms with Crippen molar-refractivity contribution in [3.8, 4) is 0 Å². The maximum Gasteiger partial charge on any atom is 0.328 e. The minimum Gasteiger partial charge on any atom is -0.464 e. The molecule has 0 fully saturated rings. The van der Waals surface area contributed by atoms with E-state index in [2.05, 4.69) is 17.2 Å². The Balaban J connectivity index is 4.84. The predicted octanol–water partition coefficient (Wildman–Crippen LogP) is 0.385. The zero-order valence-electron chi connectivity index (χ0n) is 20.1. The van der Waals surface area contributed by atoms with Crippen molar-refractivity contribution in [2.75, 3.05) is 13.2 Å². The molecule has 0 saturated heterocycles. The number of hydrogen-bond acceptors (Lipinski definition) is 8.